The van der Waals surface area contributed by atoms with Crippen molar-refractivity contribution in [1.29, 1.82) is 0 Å². The molecule has 0 radical (unpaired) electrons. The van der Waals surface area contributed by atoms with E-state index in [1.165, 1.54) is 6.07 Å². The van der Waals surface area contributed by atoms with Crippen LogP contribution < -0.4 is 5.32 Å². The Morgan fingerprint density at radius 1 is 1.47 bits per heavy atom. The lowest BCUT2D eigenvalue weighted by molar-refractivity contribution is -0.386. The van der Waals surface area contributed by atoms with Crippen molar-refractivity contribution in [3.63, 3.8) is 0 Å². The molecule has 0 aliphatic rings. The van der Waals surface area contributed by atoms with Gasteiger partial charge in [-0.15, -0.1) is 0 Å². The molecule has 1 aromatic heterocycles. The summed E-state index contributed by atoms with van der Waals surface area (Å²) >= 11 is 0. The van der Waals surface area contributed by atoms with E-state index in [1.54, 1.807) is 6.07 Å². The zero-order valence-corrected chi connectivity index (χ0v) is 10.7. The number of pyridine rings is 1. The number of aryl methyl sites for hydroxylation is 1. The fourth-order valence-electron chi connectivity index (χ4n) is 1.80. The Kier molecular flexibility index (Phi) is 4.57. The molecule has 0 amide bonds. The molecule has 0 bridgehead atoms. The molecule has 0 aliphatic carbocycles. The minimum Gasteiger partial charge on any atom is -0.316 e. The molecule has 94 valence electrons. The molecule has 5 heteroatoms. The molecule has 1 unspecified atom stereocenters. The van der Waals surface area contributed by atoms with Crippen LogP contribution in [0.4, 0.5) is 5.69 Å². The molecule has 1 aromatic rings. The quantitative estimate of drug-likeness (QED) is 0.629. The predicted octanol–water partition coefficient (Wildman–Crippen LogP) is 2.08. The van der Waals surface area contributed by atoms with Gasteiger partial charge in [0.15, 0.2) is 0 Å². The van der Waals surface area contributed by atoms with Gasteiger partial charge in [-0.3, -0.25) is 15.1 Å². The summed E-state index contributed by atoms with van der Waals surface area (Å²) in [4.78, 5) is 14.8. The molecule has 1 atom stereocenters. The second-order valence-electron chi connectivity index (χ2n) is 4.52. The average Bonchev–Trinajstić information content (AvgIpc) is 2.25. The maximum Gasteiger partial charge on any atom is 0.290 e. The third-order valence-electron chi connectivity index (χ3n) is 2.87. The molecule has 0 fully saturated rings. The molecule has 1 heterocycles. The van der Waals surface area contributed by atoms with E-state index >= 15 is 0 Å². The van der Waals surface area contributed by atoms with Crippen LogP contribution in [0.5, 0.6) is 0 Å². The van der Waals surface area contributed by atoms with E-state index in [2.05, 4.69) is 24.1 Å². The normalized spacial score (nSPS) is 12.8. The van der Waals surface area contributed by atoms with Gasteiger partial charge in [0, 0.05) is 24.2 Å². The van der Waals surface area contributed by atoms with E-state index in [9.17, 15) is 10.1 Å². The molecule has 0 saturated carbocycles. The third kappa shape index (κ3) is 3.49. The van der Waals surface area contributed by atoms with Crippen LogP contribution in [-0.2, 0) is 6.42 Å². The second kappa shape index (κ2) is 5.72. The van der Waals surface area contributed by atoms with E-state index in [0.29, 0.717) is 18.0 Å². The van der Waals surface area contributed by atoms with Crippen molar-refractivity contribution in [3.05, 3.63) is 33.6 Å². The lowest BCUT2D eigenvalue weighted by Gasteiger charge is -2.19. The van der Waals surface area contributed by atoms with E-state index in [0.717, 1.165) is 5.69 Å². The first-order chi connectivity index (χ1) is 7.95. The number of aromatic nitrogens is 1. The summed E-state index contributed by atoms with van der Waals surface area (Å²) in [5.74, 6) is 0.405. The minimum atomic E-state index is -0.366. The predicted molar refractivity (Wildman–Crippen MR) is 67.0 cm³/mol. The minimum absolute atomic E-state index is 0.108. The molecule has 1 rings (SSSR count). The van der Waals surface area contributed by atoms with Gasteiger partial charge in [0.25, 0.3) is 5.69 Å². The molecule has 0 aliphatic heterocycles. The second-order valence-corrected chi connectivity index (χ2v) is 4.52. The van der Waals surface area contributed by atoms with Crippen LogP contribution in [0.15, 0.2) is 12.1 Å². The smallest absolute Gasteiger partial charge is 0.290 e. The van der Waals surface area contributed by atoms with Crippen LogP contribution in [0.2, 0.25) is 0 Å². The summed E-state index contributed by atoms with van der Waals surface area (Å²) in [5, 5.41) is 14.1. The van der Waals surface area contributed by atoms with Crippen molar-refractivity contribution in [2.45, 2.75) is 33.2 Å². The number of rotatable bonds is 5. The molecule has 1 N–H and O–H groups in total. The molecule has 5 nitrogen and oxygen atoms in total. The van der Waals surface area contributed by atoms with Gasteiger partial charge in [-0.25, -0.2) is 0 Å². The fourth-order valence-corrected chi connectivity index (χ4v) is 1.80. The van der Waals surface area contributed by atoms with Gasteiger partial charge in [-0.1, -0.05) is 13.8 Å². The van der Waals surface area contributed by atoms with Crippen molar-refractivity contribution in [1.82, 2.24) is 10.3 Å². The number of nitrogens with one attached hydrogen (secondary N) is 1. The number of hydrogen-bond acceptors (Lipinski definition) is 4. The largest absolute Gasteiger partial charge is 0.316 e. The molecule has 0 saturated heterocycles. The summed E-state index contributed by atoms with van der Waals surface area (Å²) in [6.07, 6.45) is 0.576. The topological polar surface area (TPSA) is 68.1 Å². The summed E-state index contributed by atoms with van der Waals surface area (Å²) in [7, 11) is 1.87. The van der Waals surface area contributed by atoms with Gasteiger partial charge in [-0.2, -0.15) is 0 Å². The fraction of sp³-hybridized carbons (Fsp3) is 0.583. The highest BCUT2D eigenvalue weighted by Gasteiger charge is 2.20. The van der Waals surface area contributed by atoms with E-state index in [1.807, 2.05) is 14.0 Å². The summed E-state index contributed by atoms with van der Waals surface area (Å²) in [6.45, 7) is 6.02. The lowest BCUT2D eigenvalue weighted by atomic mass is 9.98. The monoisotopic (exact) mass is 237 g/mol. The Bertz CT molecular complexity index is 405. The average molecular weight is 237 g/mol. The Balaban J connectivity index is 3.03. The lowest BCUT2D eigenvalue weighted by Crippen LogP contribution is -2.33. The molecule has 17 heavy (non-hydrogen) atoms. The Labute approximate surface area is 101 Å². The number of nitrogens with zero attached hydrogens (tertiary/aromatic N) is 2. The van der Waals surface area contributed by atoms with Gasteiger partial charge in [-0.05, 0) is 26.0 Å². The van der Waals surface area contributed by atoms with Crippen molar-refractivity contribution < 1.29 is 4.92 Å². The molecule has 0 aromatic carbocycles. The van der Waals surface area contributed by atoms with Gasteiger partial charge >= 0.3 is 0 Å². The van der Waals surface area contributed by atoms with Crippen LogP contribution in [0, 0.1) is 23.0 Å². The highest BCUT2D eigenvalue weighted by Crippen LogP contribution is 2.20. The maximum atomic E-state index is 10.9. The Morgan fingerprint density at radius 3 is 2.59 bits per heavy atom. The van der Waals surface area contributed by atoms with Crippen LogP contribution >= 0.6 is 0 Å². The third-order valence-corrected chi connectivity index (χ3v) is 2.87. The number of hydrogen-bond donors (Lipinski definition) is 1. The Morgan fingerprint density at radius 2 is 2.12 bits per heavy atom. The summed E-state index contributed by atoms with van der Waals surface area (Å²) in [5.41, 5.74) is 1.48. The maximum absolute atomic E-state index is 10.9. The highest BCUT2D eigenvalue weighted by molar-refractivity contribution is 5.36. The van der Waals surface area contributed by atoms with E-state index < -0.39 is 0 Å². The first-order valence-corrected chi connectivity index (χ1v) is 5.74. The summed E-state index contributed by atoms with van der Waals surface area (Å²) in [6, 6.07) is 3.40. The number of nitro groups is 1. The standard InChI is InChI=1S/C12H19N3O2/c1-8(2)10(13-4)7-11-12(15(16)17)6-5-9(3)14-11/h5-6,8,10,13H,7H2,1-4H3. The van der Waals surface area contributed by atoms with Gasteiger partial charge < -0.3 is 5.32 Å². The zero-order chi connectivity index (χ0) is 13.0. The first-order valence-electron chi connectivity index (χ1n) is 5.74. The van der Waals surface area contributed by atoms with Gasteiger partial charge in [0.05, 0.1) is 4.92 Å². The van der Waals surface area contributed by atoms with Crippen molar-refractivity contribution in [2.24, 2.45) is 5.92 Å². The van der Waals surface area contributed by atoms with E-state index in [4.69, 9.17) is 0 Å². The summed E-state index contributed by atoms with van der Waals surface area (Å²) < 4.78 is 0. The number of likely N-dealkylation sites (N-methyl/N-ethyl adjacent to an activating group) is 1. The van der Waals surface area contributed by atoms with Crippen LogP contribution in [0.3, 0.4) is 0 Å². The van der Waals surface area contributed by atoms with Crippen LogP contribution in [0.1, 0.15) is 25.2 Å². The molecular weight excluding hydrogens is 218 g/mol. The molecule has 0 spiro atoms. The van der Waals surface area contributed by atoms with Crippen LogP contribution in [0.25, 0.3) is 0 Å². The SMILES string of the molecule is CNC(Cc1nc(C)ccc1[N+](=O)[O-])C(C)C. The highest BCUT2D eigenvalue weighted by atomic mass is 16.6. The van der Waals surface area contributed by atoms with Gasteiger partial charge in [0.1, 0.15) is 5.69 Å². The first kappa shape index (κ1) is 13.6. The van der Waals surface area contributed by atoms with Crippen molar-refractivity contribution in [2.75, 3.05) is 7.05 Å². The van der Waals surface area contributed by atoms with Crippen molar-refractivity contribution >= 4 is 5.69 Å². The van der Waals surface area contributed by atoms with Gasteiger partial charge in [0.2, 0.25) is 0 Å². The Hall–Kier alpha value is -1.49. The zero-order valence-electron chi connectivity index (χ0n) is 10.7. The van der Waals surface area contributed by atoms with Crippen LogP contribution in [-0.4, -0.2) is 23.0 Å². The van der Waals surface area contributed by atoms with E-state index in [-0.39, 0.29) is 16.7 Å². The molecular formula is C12H19N3O2. The van der Waals surface area contributed by atoms with Crippen molar-refractivity contribution in [3.8, 4) is 0 Å².